The normalized spacial score (nSPS) is 12.0. The van der Waals surface area contributed by atoms with E-state index in [4.69, 9.17) is 17.3 Å². The van der Waals surface area contributed by atoms with Crippen molar-refractivity contribution in [2.24, 2.45) is 10.7 Å². The average Bonchev–Trinajstić information content (AvgIpc) is 2.93. The van der Waals surface area contributed by atoms with Crippen LogP contribution in [-0.2, 0) is 0 Å². The van der Waals surface area contributed by atoms with E-state index >= 15 is 0 Å². The topological polar surface area (TPSA) is 55.7 Å². The largest absolute Gasteiger partial charge is 0.386 e. The maximum atomic E-state index is 5.72. The minimum atomic E-state index is 0.220. The van der Waals surface area contributed by atoms with Crippen molar-refractivity contribution in [1.82, 2.24) is 9.38 Å². The summed E-state index contributed by atoms with van der Waals surface area (Å²) in [5.74, 6) is 0.629. The summed E-state index contributed by atoms with van der Waals surface area (Å²) in [5.41, 5.74) is 10.4. The molecule has 3 rings (SSSR count). The van der Waals surface area contributed by atoms with Crippen LogP contribution in [0.15, 0.2) is 53.8 Å². The number of amidine groups is 1. The smallest absolute Gasteiger partial charge is 0.137 e. The van der Waals surface area contributed by atoms with Gasteiger partial charge >= 0.3 is 0 Å². The number of pyridine rings is 1. The molecule has 106 valence electrons. The molecule has 0 unspecified atom stereocenters. The number of hydrogen-bond donors (Lipinski definition) is 1. The van der Waals surface area contributed by atoms with E-state index in [1.165, 1.54) is 0 Å². The van der Waals surface area contributed by atoms with Crippen molar-refractivity contribution in [2.45, 2.75) is 6.92 Å². The maximum Gasteiger partial charge on any atom is 0.137 e. The van der Waals surface area contributed by atoms with Gasteiger partial charge in [-0.15, -0.1) is 11.6 Å². The number of aromatic nitrogens is 2. The molecular weight excluding hydrogens is 284 g/mol. The highest BCUT2D eigenvalue weighted by Crippen LogP contribution is 2.27. The summed E-state index contributed by atoms with van der Waals surface area (Å²) >= 11 is 5.69. The number of halogens is 1. The van der Waals surface area contributed by atoms with Crippen LogP contribution in [0.5, 0.6) is 0 Å². The number of nitrogens with two attached hydrogens (primary N) is 1. The van der Waals surface area contributed by atoms with Gasteiger partial charge in [0.2, 0.25) is 0 Å². The Morgan fingerprint density at radius 3 is 2.95 bits per heavy atom. The fourth-order valence-corrected chi connectivity index (χ4v) is 2.21. The molecule has 0 saturated carbocycles. The zero-order valence-corrected chi connectivity index (χ0v) is 12.4. The lowest BCUT2D eigenvalue weighted by Crippen LogP contribution is -2.12. The highest BCUT2D eigenvalue weighted by Gasteiger charge is 2.06. The zero-order chi connectivity index (χ0) is 14.8. The van der Waals surface area contributed by atoms with E-state index in [-0.39, 0.29) is 5.88 Å². The molecule has 0 aliphatic heterocycles. The molecular formula is C16H15ClN4. The Kier molecular flexibility index (Phi) is 3.62. The second-order valence-electron chi connectivity index (χ2n) is 4.83. The first kappa shape index (κ1) is 13.6. The van der Waals surface area contributed by atoms with Crippen LogP contribution in [-0.4, -0.2) is 21.1 Å². The van der Waals surface area contributed by atoms with Crippen LogP contribution in [0.4, 0.5) is 5.69 Å². The predicted octanol–water partition coefficient (Wildman–Crippen LogP) is 3.54. The quantitative estimate of drug-likeness (QED) is 0.457. The second-order valence-corrected chi connectivity index (χ2v) is 5.10. The molecule has 2 heterocycles. The molecule has 0 saturated heterocycles. The third kappa shape index (κ3) is 2.76. The van der Waals surface area contributed by atoms with Crippen LogP contribution in [0.25, 0.3) is 16.9 Å². The lowest BCUT2D eigenvalue weighted by Gasteiger charge is -2.04. The highest BCUT2D eigenvalue weighted by molar-refractivity contribution is 6.28. The van der Waals surface area contributed by atoms with Gasteiger partial charge in [0.15, 0.2) is 0 Å². The minimum absolute atomic E-state index is 0.220. The first-order chi connectivity index (χ1) is 10.2. The van der Waals surface area contributed by atoms with Crippen LogP contribution in [0.1, 0.15) is 5.56 Å². The van der Waals surface area contributed by atoms with Gasteiger partial charge in [-0.3, -0.25) is 0 Å². The summed E-state index contributed by atoms with van der Waals surface area (Å²) in [6, 6.07) is 12.0. The lowest BCUT2D eigenvalue weighted by atomic mass is 10.1. The van der Waals surface area contributed by atoms with E-state index in [1.807, 2.05) is 60.1 Å². The number of fused-ring (bicyclic) bond motifs is 1. The van der Waals surface area contributed by atoms with Crippen LogP contribution in [0.3, 0.4) is 0 Å². The molecule has 2 N–H and O–H groups in total. The number of aryl methyl sites for hydroxylation is 1. The molecule has 0 spiro atoms. The Hall–Kier alpha value is -2.33. The summed E-state index contributed by atoms with van der Waals surface area (Å²) in [6.45, 7) is 1.99. The molecule has 0 atom stereocenters. The van der Waals surface area contributed by atoms with Gasteiger partial charge in [-0.05, 0) is 30.7 Å². The minimum Gasteiger partial charge on any atom is -0.386 e. The van der Waals surface area contributed by atoms with Crippen molar-refractivity contribution >= 4 is 28.8 Å². The average molecular weight is 299 g/mol. The monoisotopic (exact) mass is 298 g/mol. The summed E-state index contributed by atoms with van der Waals surface area (Å²) in [4.78, 5) is 8.96. The van der Waals surface area contributed by atoms with Crippen molar-refractivity contribution in [3.05, 3.63) is 54.4 Å². The number of aliphatic imine (C=N–C) groups is 1. The highest BCUT2D eigenvalue weighted by atomic mass is 35.5. The van der Waals surface area contributed by atoms with Crippen molar-refractivity contribution in [3.8, 4) is 11.3 Å². The molecule has 0 amide bonds. The second kappa shape index (κ2) is 5.58. The number of alkyl halides is 1. The number of rotatable bonds is 3. The molecule has 1 aromatic carbocycles. The van der Waals surface area contributed by atoms with Crippen LogP contribution in [0.2, 0.25) is 0 Å². The molecule has 4 nitrogen and oxygen atoms in total. The van der Waals surface area contributed by atoms with E-state index in [0.717, 1.165) is 28.2 Å². The van der Waals surface area contributed by atoms with Gasteiger partial charge in [0.25, 0.3) is 0 Å². The molecule has 21 heavy (non-hydrogen) atoms. The summed E-state index contributed by atoms with van der Waals surface area (Å²) in [6.07, 6.45) is 3.98. The molecule has 2 aromatic heterocycles. The Balaban J connectivity index is 2.08. The van der Waals surface area contributed by atoms with E-state index in [1.54, 1.807) is 0 Å². The van der Waals surface area contributed by atoms with E-state index in [9.17, 15) is 0 Å². The van der Waals surface area contributed by atoms with Crippen molar-refractivity contribution in [2.75, 3.05) is 5.88 Å². The molecule has 0 radical (unpaired) electrons. The Morgan fingerprint density at radius 1 is 1.33 bits per heavy atom. The van der Waals surface area contributed by atoms with Crippen LogP contribution in [0, 0.1) is 6.92 Å². The van der Waals surface area contributed by atoms with Crippen molar-refractivity contribution < 1.29 is 0 Å². The number of benzene rings is 1. The molecule has 0 aliphatic carbocycles. The number of imidazole rings is 1. The van der Waals surface area contributed by atoms with E-state index in [0.29, 0.717) is 5.84 Å². The maximum absolute atomic E-state index is 5.72. The Labute approximate surface area is 127 Å². The fraction of sp³-hybridized carbons (Fsp3) is 0.125. The van der Waals surface area contributed by atoms with Crippen LogP contribution < -0.4 is 5.73 Å². The van der Waals surface area contributed by atoms with Crippen molar-refractivity contribution in [1.29, 1.82) is 0 Å². The van der Waals surface area contributed by atoms with Gasteiger partial charge in [0.1, 0.15) is 11.5 Å². The van der Waals surface area contributed by atoms with E-state index < -0.39 is 0 Å². The first-order valence-electron chi connectivity index (χ1n) is 6.61. The predicted molar refractivity (Wildman–Crippen MR) is 87.4 cm³/mol. The van der Waals surface area contributed by atoms with Gasteiger partial charge in [-0.2, -0.15) is 0 Å². The molecule has 0 fully saturated rings. The Morgan fingerprint density at radius 2 is 2.19 bits per heavy atom. The molecule has 5 heteroatoms. The molecule has 0 bridgehead atoms. The molecule has 0 aliphatic rings. The van der Waals surface area contributed by atoms with Gasteiger partial charge in [-0.25, -0.2) is 9.98 Å². The first-order valence-corrected chi connectivity index (χ1v) is 7.14. The zero-order valence-electron chi connectivity index (χ0n) is 11.6. The summed E-state index contributed by atoms with van der Waals surface area (Å²) in [7, 11) is 0. The van der Waals surface area contributed by atoms with Gasteiger partial charge in [0.05, 0.1) is 17.3 Å². The standard InChI is InChI=1S/C16H15ClN4/c1-11-5-6-12(8-13(11)19-15(18)9-17)14-10-21-7-3-2-4-16(21)20-14/h2-8,10H,9H2,1H3,(H2,18,19). The molecule has 3 aromatic rings. The Bertz CT molecular complexity index is 787. The van der Waals surface area contributed by atoms with Gasteiger partial charge in [0, 0.05) is 18.0 Å². The number of hydrogen-bond acceptors (Lipinski definition) is 2. The van der Waals surface area contributed by atoms with Crippen LogP contribution >= 0.6 is 11.6 Å². The summed E-state index contributed by atoms with van der Waals surface area (Å²) < 4.78 is 1.99. The fourth-order valence-electron chi connectivity index (χ4n) is 2.15. The van der Waals surface area contributed by atoms with E-state index in [2.05, 4.69) is 9.98 Å². The third-order valence-corrected chi connectivity index (χ3v) is 3.54. The number of nitrogens with zero attached hydrogens (tertiary/aromatic N) is 3. The third-order valence-electron chi connectivity index (χ3n) is 3.27. The van der Waals surface area contributed by atoms with Gasteiger partial charge < -0.3 is 10.1 Å². The lowest BCUT2D eigenvalue weighted by molar-refractivity contribution is 1.19. The SMILES string of the molecule is Cc1ccc(-c2cn3ccccc3n2)cc1N=C(N)CCl. The van der Waals surface area contributed by atoms with Crippen molar-refractivity contribution in [3.63, 3.8) is 0 Å². The summed E-state index contributed by atoms with van der Waals surface area (Å²) in [5, 5.41) is 0. The van der Waals surface area contributed by atoms with Gasteiger partial charge in [-0.1, -0.05) is 18.2 Å².